The van der Waals surface area contributed by atoms with Gasteiger partial charge in [0.1, 0.15) is 0 Å². The molecule has 6 nitrogen and oxygen atoms in total. The smallest absolute Gasteiger partial charge is 0.317 e. The van der Waals surface area contributed by atoms with E-state index in [0.29, 0.717) is 0 Å². The van der Waals surface area contributed by atoms with Crippen molar-refractivity contribution in [2.45, 2.75) is 83.0 Å². The Bertz CT molecular complexity index is 1310. The van der Waals surface area contributed by atoms with Crippen molar-refractivity contribution in [3.05, 3.63) is 59.3 Å². The number of piperidine rings is 1. The summed E-state index contributed by atoms with van der Waals surface area (Å²) in [6, 6.07) is 16.0. The van der Waals surface area contributed by atoms with Crippen LogP contribution in [0, 0.1) is 12.8 Å². The van der Waals surface area contributed by atoms with Crippen molar-refractivity contribution in [3.8, 4) is 11.1 Å². The van der Waals surface area contributed by atoms with Crippen LogP contribution >= 0.6 is 0 Å². The minimum absolute atomic E-state index is 0.0106. The van der Waals surface area contributed by atoms with Crippen LogP contribution in [0.1, 0.15) is 68.3 Å². The Balaban J connectivity index is 1.28. The highest BCUT2D eigenvalue weighted by atomic mass is 16.3. The molecule has 4 atom stereocenters. The number of hydrogen-bond donors (Lipinski definition) is 3. The number of aryl methyl sites for hydroxylation is 1. The molecule has 0 bridgehead atoms. The van der Waals surface area contributed by atoms with Crippen LogP contribution in [-0.2, 0) is 6.42 Å². The van der Waals surface area contributed by atoms with Gasteiger partial charge in [-0.05, 0) is 68.4 Å². The third-order valence-corrected chi connectivity index (χ3v) is 9.49. The molecular weight excluding hydrogens is 472 g/mol. The summed E-state index contributed by atoms with van der Waals surface area (Å²) in [7, 11) is 1.93. The van der Waals surface area contributed by atoms with Crippen LogP contribution in [0.4, 0.5) is 4.79 Å². The van der Waals surface area contributed by atoms with Gasteiger partial charge in [-0.3, -0.25) is 4.90 Å². The summed E-state index contributed by atoms with van der Waals surface area (Å²) in [6.07, 6.45) is 7.17. The van der Waals surface area contributed by atoms with Crippen molar-refractivity contribution < 1.29 is 9.90 Å². The first-order valence-electron chi connectivity index (χ1n) is 14.6. The lowest BCUT2D eigenvalue weighted by molar-refractivity contribution is -0.0193. The number of amides is 2. The molecule has 202 valence electrons. The molecular formula is C32H42N4O2. The summed E-state index contributed by atoms with van der Waals surface area (Å²) < 4.78 is 0. The zero-order valence-corrected chi connectivity index (χ0v) is 23.0. The molecule has 1 saturated carbocycles. The highest BCUT2D eigenvalue weighted by Gasteiger charge is 2.44. The number of carbonyl (C=O) groups is 1. The van der Waals surface area contributed by atoms with E-state index in [-0.39, 0.29) is 30.1 Å². The van der Waals surface area contributed by atoms with Gasteiger partial charge in [-0.2, -0.15) is 0 Å². The summed E-state index contributed by atoms with van der Waals surface area (Å²) in [6.45, 7) is 5.81. The Labute approximate surface area is 226 Å². The molecule has 0 radical (unpaired) electrons. The molecule has 1 aromatic heterocycles. The number of rotatable bonds is 4. The van der Waals surface area contributed by atoms with Gasteiger partial charge >= 0.3 is 6.03 Å². The lowest BCUT2D eigenvalue weighted by Gasteiger charge is -2.49. The number of carbonyl (C=O) groups excluding carboxylic acids is 1. The van der Waals surface area contributed by atoms with E-state index in [2.05, 4.69) is 64.6 Å². The average Bonchev–Trinajstić information content (AvgIpc) is 3.31. The van der Waals surface area contributed by atoms with Crippen LogP contribution in [0.5, 0.6) is 0 Å². The van der Waals surface area contributed by atoms with Gasteiger partial charge in [0.15, 0.2) is 0 Å². The number of benzene rings is 2. The van der Waals surface area contributed by atoms with Gasteiger partial charge in [0.05, 0.1) is 12.1 Å². The van der Waals surface area contributed by atoms with Crippen LogP contribution < -0.4 is 5.32 Å². The summed E-state index contributed by atoms with van der Waals surface area (Å²) in [5.74, 6) is 0.0345. The fraction of sp³-hybridized carbons (Fsp3) is 0.531. The number of aliphatic hydroxyl groups is 1. The van der Waals surface area contributed by atoms with E-state index < -0.39 is 6.10 Å². The predicted octanol–water partition coefficient (Wildman–Crippen LogP) is 5.79. The third kappa shape index (κ3) is 4.73. The quantitative estimate of drug-likeness (QED) is 0.413. The minimum atomic E-state index is -0.466. The molecule has 2 fully saturated rings. The minimum Gasteiger partial charge on any atom is -0.393 e. The zero-order valence-electron chi connectivity index (χ0n) is 23.0. The van der Waals surface area contributed by atoms with Crippen LogP contribution in [0.3, 0.4) is 0 Å². The molecule has 6 heteroatoms. The lowest BCUT2D eigenvalue weighted by atomic mass is 9.80. The number of nitrogens with one attached hydrogen (secondary N) is 2. The molecule has 1 aliphatic carbocycles. The molecule has 3 heterocycles. The number of nitrogens with zero attached hydrogens (tertiary/aromatic N) is 2. The largest absolute Gasteiger partial charge is 0.393 e. The number of aromatic amines is 1. The van der Waals surface area contributed by atoms with Gasteiger partial charge < -0.3 is 20.3 Å². The number of fused-ring (bicyclic) bond motifs is 5. The first-order chi connectivity index (χ1) is 18.4. The van der Waals surface area contributed by atoms with Crippen LogP contribution in [0.25, 0.3) is 22.0 Å². The standard InChI is InChI=1S/C32H42N4O2/c1-20-8-7-9-22(16-20)23-12-13-28-26(17-23)25-14-15-36-19-27(21(2)37)29(18-30(36)31(25)34-28)35(3)32(38)33-24-10-5-4-6-11-24/h7-9,12-13,16-17,21,24,27,29-30,34,37H,4-6,10-11,14-15,18-19H2,1-3H3,(H,33,38)/t21-,27-,29-,30-/m0/s1. The molecule has 6 rings (SSSR count). The number of urea groups is 1. The molecule has 3 N–H and O–H groups in total. The van der Waals surface area contributed by atoms with E-state index in [1.807, 2.05) is 18.9 Å². The van der Waals surface area contributed by atoms with Gasteiger partial charge in [0.2, 0.25) is 0 Å². The average molecular weight is 515 g/mol. The van der Waals surface area contributed by atoms with E-state index in [0.717, 1.165) is 38.8 Å². The van der Waals surface area contributed by atoms with Crippen molar-refractivity contribution in [3.63, 3.8) is 0 Å². The van der Waals surface area contributed by atoms with E-state index in [1.165, 1.54) is 58.1 Å². The molecule has 0 unspecified atom stereocenters. The van der Waals surface area contributed by atoms with Gasteiger partial charge in [-0.1, -0.05) is 55.2 Å². The van der Waals surface area contributed by atoms with E-state index in [1.54, 1.807) is 0 Å². The topological polar surface area (TPSA) is 71.6 Å². The fourth-order valence-corrected chi connectivity index (χ4v) is 7.30. The molecule has 2 aromatic carbocycles. The fourth-order valence-electron chi connectivity index (χ4n) is 7.30. The maximum atomic E-state index is 13.3. The second kappa shape index (κ2) is 10.4. The van der Waals surface area contributed by atoms with Crippen molar-refractivity contribution in [1.82, 2.24) is 20.1 Å². The van der Waals surface area contributed by atoms with Crippen molar-refractivity contribution >= 4 is 16.9 Å². The maximum Gasteiger partial charge on any atom is 0.317 e. The zero-order chi connectivity index (χ0) is 26.4. The number of hydrogen-bond acceptors (Lipinski definition) is 3. The van der Waals surface area contributed by atoms with Crippen molar-refractivity contribution in [2.75, 3.05) is 20.1 Å². The molecule has 3 aliphatic rings. The Hall–Kier alpha value is -2.83. The summed E-state index contributed by atoms with van der Waals surface area (Å²) in [5, 5.41) is 15.4. The van der Waals surface area contributed by atoms with Gasteiger partial charge in [-0.25, -0.2) is 4.79 Å². The first-order valence-corrected chi connectivity index (χ1v) is 14.6. The number of aromatic nitrogens is 1. The second-order valence-corrected chi connectivity index (χ2v) is 12.0. The summed E-state index contributed by atoms with van der Waals surface area (Å²) in [5.41, 5.74) is 7.67. The predicted molar refractivity (Wildman–Crippen MR) is 153 cm³/mol. The molecule has 3 aromatic rings. The van der Waals surface area contributed by atoms with Crippen LogP contribution in [-0.4, -0.2) is 64.2 Å². The summed E-state index contributed by atoms with van der Waals surface area (Å²) in [4.78, 5) is 21.5. The summed E-state index contributed by atoms with van der Waals surface area (Å²) >= 11 is 0. The van der Waals surface area contributed by atoms with Gasteiger partial charge in [0.25, 0.3) is 0 Å². The number of H-pyrrole nitrogens is 1. The van der Waals surface area contributed by atoms with E-state index >= 15 is 0 Å². The molecule has 1 saturated heterocycles. The molecule has 2 amide bonds. The lowest BCUT2D eigenvalue weighted by Crippen LogP contribution is -2.58. The molecule has 0 spiro atoms. The van der Waals surface area contributed by atoms with E-state index in [9.17, 15) is 9.90 Å². The Kier molecular flexibility index (Phi) is 6.95. The third-order valence-electron chi connectivity index (χ3n) is 9.49. The highest BCUT2D eigenvalue weighted by Crippen LogP contribution is 2.43. The van der Waals surface area contributed by atoms with Crippen LogP contribution in [0.15, 0.2) is 42.5 Å². The SMILES string of the molecule is Cc1cccc(-c2ccc3[nH]c4c(c3c2)CCN2C[C@@H]([C@H](C)O)[C@@H](N(C)C(=O)NC3CCCCC3)C[C@@H]42)c1. The molecule has 38 heavy (non-hydrogen) atoms. The number of aliphatic hydroxyl groups excluding tert-OH is 1. The first kappa shape index (κ1) is 25.4. The van der Waals surface area contributed by atoms with Crippen LogP contribution in [0.2, 0.25) is 0 Å². The maximum absolute atomic E-state index is 13.3. The second-order valence-electron chi connectivity index (χ2n) is 12.0. The monoisotopic (exact) mass is 514 g/mol. The Morgan fingerprint density at radius 3 is 2.68 bits per heavy atom. The van der Waals surface area contributed by atoms with Crippen molar-refractivity contribution in [2.24, 2.45) is 5.92 Å². The highest BCUT2D eigenvalue weighted by molar-refractivity contribution is 5.89. The molecule has 2 aliphatic heterocycles. The Morgan fingerprint density at radius 1 is 1.13 bits per heavy atom. The normalized spacial score (nSPS) is 25.0. The van der Waals surface area contributed by atoms with Gasteiger partial charge in [-0.15, -0.1) is 0 Å². The van der Waals surface area contributed by atoms with E-state index in [4.69, 9.17) is 0 Å². The Morgan fingerprint density at radius 2 is 1.92 bits per heavy atom. The van der Waals surface area contributed by atoms with Gasteiger partial charge in [0, 0.05) is 54.7 Å². The van der Waals surface area contributed by atoms with Crippen molar-refractivity contribution in [1.29, 1.82) is 0 Å².